The number of nitrogens with one attached hydrogen (secondary N) is 2. The average Bonchev–Trinajstić information content (AvgIpc) is 3.13. The zero-order valence-electron chi connectivity index (χ0n) is 19.2. The van der Waals surface area contributed by atoms with Crippen molar-refractivity contribution in [1.29, 1.82) is 0 Å². The van der Waals surface area contributed by atoms with Gasteiger partial charge in [-0.3, -0.25) is 9.29 Å². The van der Waals surface area contributed by atoms with Gasteiger partial charge >= 0.3 is 5.76 Å². The Morgan fingerprint density at radius 1 is 0.971 bits per heavy atom. The quantitative estimate of drug-likeness (QED) is 0.413. The van der Waals surface area contributed by atoms with E-state index in [-0.39, 0.29) is 4.90 Å². The Labute approximate surface area is 201 Å². The van der Waals surface area contributed by atoms with Crippen LogP contribution in [0.15, 0.2) is 62.6 Å². The SMILES string of the molecule is Cc1cc(N2CCOCC2)nc(Nc2ccc(NS(=O)(=O)c3ccc4oc(=O)n(C)c4c3)cc2)n1. The van der Waals surface area contributed by atoms with E-state index in [0.29, 0.717) is 41.6 Å². The van der Waals surface area contributed by atoms with E-state index < -0.39 is 15.8 Å². The number of morpholine rings is 1. The summed E-state index contributed by atoms with van der Waals surface area (Å²) in [5, 5.41) is 3.17. The number of benzene rings is 2. The van der Waals surface area contributed by atoms with Crippen LogP contribution in [0.25, 0.3) is 11.1 Å². The van der Waals surface area contributed by atoms with Crippen molar-refractivity contribution in [2.24, 2.45) is 7.05 Å². The lowest BCUT2D eigenvalue weighted by molar-refractivity contribution is 0.122. The molecule has 2 aromatic carbocycles. The molecule has 0 unspecified atom stereocenters. The Hall–Kier alpha value is -3.90. The minimum Gasteiger partial charge on any atom is -0.408 e. The third kappa shape index (κ3) is 4.84. The van der Waals surface area contributed by atoms with Crippen molar-refractivity contribution in [3.8, 4) is 0 Å². The van der Waals surface area contributed by atoms with Crippen LogP contribution < -0.4 is 20.7 Å². The monoisotopic (exact) mass is 496 g/mol. The van der Waals surface area contributed by atoms with Gasteiger partial charge in [-0.1, -0.05) is 0 Å². The lowest BCUT2D eigenvalue weighted by atomic mass is 10.3. The van der Waals surface area contributed by atoms with E-state index in [4.69, 9.17) is 9.15 Å². The zero-order valence-corrected chi connectivity index (χ0v) is 20.0. The van der Waals surface area contributed by atoms with E-state index in [9.17, 15) is 13.2 Å². The number of nitrogens with zero attached hydrogens (tertiary/aromatic N) is 4. The fraction of sp³-hybridized carbons (Fsp3) is 0.261. The van der Waals surface area contributed by atoms with E-state index in [1.807, 2.05) is 13.0 Å². The standard InChI is InChI=1S/C23H24N6O5S/c1-15-13-21(29-9-11-33-12-10-29)26-22(24-15)25-16-3-5-17(6-4-16)27-35(31,32)18-7-8-20-19(14-18)28(2)23(30)34-20/h3-8,13-14,27H,9-12H2,1-2H3,(H,24,25,26). The first-order valence-corrected chi connectivity index (χ1v) is 12.4. The molecule has 1 saturated heterocycles. The van der Waals surface area contributed by atoms with Crippen LogP contribution in [0.1, 0.15) is 5.69 Å². The van der Waals surface area contributed by atoms with Crippen molar-refractivity contribution in [2.75, 3.05) is 41.2 Å². The van der Waals surface area contributed by atoms with Gasteiger partial charge in [0.2, 0.25) is 5.95 Å². The normalized spacial score (nSPS) is 14.3. The topological polar surface area (TPSA) is 132 Å². The Morgan fingerprint density at radius 3 is 2.43 bits per heavy atom. The van der Waals surface area contributed by atoms with Crippen molar-refractivity contribution >= 4 is 44.3 Å². The summed E-state index contributed by atoms with van der Waals surface area (Å²) >= 11 is 0. The second-order valence-corrected chi connectivity index (χ2v) is 9.84. The lowest BCUT2D eigenvalue weighted by Crippen LogP contribution is -2.36. The summed E-state index contributed by atoms with van der Waals surface area (Å²) in [6.07, 6.45) is 0. The number of fused-ring (bicyclic) bond motifs is 1. The maximum absolute atomic E-state index is 12.9. The van der Waals surface area contributed by atoms with Crippen LogP contribution in [0.3, 0.4) is 0 Å². The summed E-state index contributed by atoms with van der Waals surface area (Å²) in [6.45, 7) is 4.78. The van der Waals surface area contributed by atoms with Gasteiger partial charge in [0.1, 0.15) is 5.82 Å². The molecule has 12 heteroatoms. The molecule has 0 radical (unpaired) electrons. The molecule has 0 amide bonds. The van der Waals surface area contributed by atoms with Crippen LogP contribution in [0.4, 0.5) is 23.1 Å². The first-order chi connectivity index (χ1) is 16.8. The second-order valence-electron chi connectivity index (χ2n) is 8.15. The number of rotatable bonds is 6. The molecule has 0 atom stereocenters. The maximum atomic E-state index is 12.9. The molecule has 35 heavy (non-hydrogen) atoms. The van der Waals surface area contributed by atoms with Crippen molar-refractivity contribution in [1.82, 2.24) is 14.5 Å². The molecule has 0 spiro atoms. The van der Waals surface area contributed by atoms with Gasteiger partial charge in [-0.05, 0) is 49.4 Å². The molecule has 4 aromatic rings. The Bertz CT molecular complexity index is 1540. The van der Waals surface area contributed by atoms with Gasteiger partial charge in [0.15, 0.2) is 5.58 Å². The summed E-state index contributed by atoms with van der Waals surface area (Å²) in [4.78, 5) is 22.9. The molecule has 5 rings (SSSR count). The fourth-order valence-electron chi connectivity index (χ4n) is 3.80. The van der Waals surface area contributed by atoms with E-state index in [0.717, 1.165) is 24.6 Å². The highest BCUT2D eigenvalue weighted by atomic mass is 32.2. The molecule has 3 heterocycles. The third-order valence-electron chi connectivity index (χ3n) is 5.64. The number of anilines is 4. The number of ether oxygens (including phenoxy) is 1. The highest BCUT2D eigenvalue weighted by Gasteiger charge is 2.18. The minimum absolute atomic E-state index is 0.0207. The number of aryl methyl sites for hydroxylation is 2. The maximum Gasteiger partial charge on any atom is 0.419 e. The zero-order chi connectivity index (χ0) is 24.6. The predicted molar refractivity (Wildman–Crippen MR) is 132 cm³/mol. The van der Waals surface area contributed by atoms with Gasteiger partial charge in [-0.25, -0.2) is 18.2 Å². The highest BCUT2D eigenvalue weighted by molar-refractivity contribution is 7.92. The van der Waals surface area contributed by atoms with E-state index in [1.165, 1.54) is 29.8 Å². The number of hydrogen-bond acceptors (Lipinski definition) is 9. The van der Waals surface area contributed by atoms with E-state index in [1.54, 1.807) is 24.3 Å². The summed E-state index contributed by atoms with van der Waals surface area (Å²) in [5.74, 6) is 0.735. The molecule has 1 aliphatic rings. The molecule has 0 saturated carbocycles. The van der Waals surface area contributed by atoms with Crippen molar-refractivity contribution in [3.63, 3.8) is 0 Å². The minimum atomic E-state index is -3.88. The van der Waals surface area contributed by atoms with Crippen LogP contribution in [0, 0.1) is 6.92 Å². The molecule has 0 aliphatic carbocycles. The number of aromatic nitrogens is 3. The molecule has 11 nitrogen and oxygen atoms in total. The van der Waals surface area contributed by atoms with Crippen molar-refractivity contribution in [2.45, 2.75) is 11.8 Å². The molecule has 1 aliphatic heterocycles. The Kier molecular flexibility index (Phi) is 5.91. The number of sulfonamides is 1. The van der Waals surface area contributed by atoms with Gasteiger partial charge in [-0.2, -0.15) is 4.98 Å². The average molecular weight is 497 g/mol. The molecule has 2 aromatic heterocycles. The van der Waals surface area contributed by atoms with Crippen LogP contribution in [0.5, 0.6) is 0 Å². The first kappa shape index (κ1) is 22.9. The fourth-order valence-corrected chi connectivity index (χ4v) is 4.88. The summed E-state index contributed by atoms with van der Waals surface area (Å²) < 4.78 is 40.1. The molecular weight excluding hydrogens is 472 g/mol. The smallest absolute Gasteiger partial charge is 0.408 e. The second kappa shape index (κ2) is 9.04. The molecular formula is C23H24N6O5S. The molecule has 0 bridgehead atoms. The lowest BCUT2D eigenvalue weighted by Gasteiger charge is -2.28. The molecule has 2 N–H and O–H groups in total. The van der Waals surface area contributed by atoms with Gasteiger partial charge < -0.3 is 19.4 Å². The van der Waals surface area contributed by atoms with Gasteiger partial charge in [0.25, 0.3) is 10.0 Å². The summed E-state index contributed by atoms with van der Waals surface area (Å²) in [5.41, 5.74) is 2.65. The van der Waals surface area contributed by atoms with Gasteiger partial charge in [0, 0.05) is 43.3 Å². The van der Waals surface area contributed by atoms with Crippen molar-refractivity contribution < 1.29 is 17.6 Å². The van der Waals surface area contributed by atoms with Crippen LogP contribution >= 0.6 is 0 Å². The summed E-state index contributed by atoms with van der Waals surface area (Å²) in [6, 6.07) is 13.0. The van der Waals surface area contributed by atoms with Crippen molar-refractivity contribution in [3.05, 3.63) is 64.8 Å². The number of oxazole rings is 1. The molecule has 1 fully saturated rings. The largest absolute Gasteiger partial charge is 0.419 e. The highest BCUT2D eigenvalue weighted by Crippen LogP contribution is 2.23. The van der Waals surface area contributed by atoms with Crippen LogP contribution in [-0.4, -0.2) is 49.3 Å². The third-order valence-corrected chi connectivity index (χ3v) is 7.02. The molecule has 182 valence electrons. The number of hydrogen-bond donors (Lipinski definition) is 2. The van der Waals surface area contributed by atoms with E-state index >= 15 is 0 Å². The summed E-state index contributed by atoms with van der Waals surface area (Å²) in [7, 11) is -2.36. The van der Waals surface area contributed by atoms with Gasteiger partial charge in [-0.15, -0.1) is 0 Å². The van der Waals surface area contributed by atoms with Gasteiger partial charge in [0.05, 0.1) is 23.6 Å². The van der Waals surface area contributed by atoms with E-state index in [2.05, 4.69) is 24.9 Å². The Balaban J connectivity index is 1.31. The van der Waals surface area contributed by atoms with Crippen LogP contribution in [-0.2, 0) is 21.8 Å². The predicted octanol–water partition coefficient (Wildman–Crippen LogP) is 2.61. The first-order valence-electron chi connectivity index (χ1n) is 11.0. The Morgan fingerprint density at radius 2 is 1.69 bits per heavy atom. The van der Waals surface area contributed by atoms with Crippen LogP contribution in [0.2, 0.25) is 0 Å².